The van der Waals surface area contributed by atoms with Gasteiger partial charge in [-0.15, -0.1) is 0 Å². The molecule has 0 radical (unpaired) electrons. The summed E-state index contributed by atoms with van der Waals surface area (Å²) >= 11 is 0. The molecule has 5 nitrogen and oxygen atoms in total. The fraction of sp³-hybridized carbons (Fsp3) is 0.857. The van der Waals surface area contributed by atoms with Gasteiger partial charge in [0.1, 0.15) is 0 Å². The summed E-state index contributed by atoms with van der Waals surface area (Å²) in [6.07, 6.45) is 5.23. The maximum absolute atomic E-state index is 12.2. The van der Waals surface area contributed by atoms with Crippen LogP contribution >= 0.6 is 0 Å². The van der Waals surface area contributed by atoms with Crippen molar-refractivity contribution in [3.05, 3.63) is 0 Å². The van der Waals surface area contributed by atoms with Gasteiger partial charge in [0.25, 0.3) is 0 Å². The summed E-state index contributed by atoms with van der Waals surface area (Å²) in [5, 5.41) is 8.71. The number of rotatable bonds is 7. The Bertz CT molecular complexity index is 342. The van der Waals surface area contributed by atoms with Gasteiger partial charge < -0.3 is 14.9 Å². The molecule has 19 heavy (non-hydrogen) atoms. The number of nitrogens with zero attached hydrogens (tertiary/aromatic N) is 2. The molecule has 0 spiro atoms. The molecule has 1 aliphatic heterocycles. The Labute approximate surface area is 114 Å². The van der Waals surface area contributed by atoms with E-state index in [1.165, 1.54) is 0 Å². The number of unbranched alkanes of at least 4 members (excludes halogenated alkanes) is 2. The van der Waals surface area contributed by atoms with Gasteiger partial charge in [0.2, 0.25) is 11.8 Å². The van der Waals surface area contributed by atoms with Crippen LogP contribution in [0.15, 0.2) is 0 Å². The smallest absolute Gasteiger partial charge is 0.227 e. The monoisotopic (exact) mass is 268 g/mol. The van der Waals surface area contributed by atoms with E-state index in [1.54, 1.807) is 4.90 Å². The second-order valence-electron chi connectivity index (χ2n) is 5.72. The highest BCUT2D eigenvalue weighted by Crippen LogP contribution is 2.33. The van der Waals surface area contributed by atoms with Crippen LogP contribution in [0.2, 0.25) is 0 Å². The lowest BCUT2D eigenvalue weighted by Crippen LogP contribution is -2.35. The minimum absolute atomic E-state index is 0.0977. The van der Waals surface area contributed by atoms with E-state index >= 15 is 0 Å². The van der Waals surface area contributed by atoms with Crippen LogP contribution in [0.25, 0.3) is 0 Å². The number of aliphatic hydroxyl groups excluding tert-OH is 1. The largest absolute Gasteiger partial charge is 0.396 e. The predicted octanol–water partition coefficient (Wildman–Crippen LogP) is 0.618. The molecular weight excluding hydrogens is 244 g/mol. The van der Waals surface area contributed by atoms with Crippen LogP contribution in [0.4, 0.5) is 0 Å². The highest BCUT2D eigenvalue weighted by atomic mass is 16.3. The third-order valence-corrected chi connectivity index (χ3v) is 4.02. The van der Waals surface area contributed by atoms with Crippen LogP contribution < -0.4 is 0 Å². The number of aliphatic hydroxyl groups is 1. The lowest BCUT2D eigenvalue weighted by atomic mass is 10.1. The Balaban J connectivity index is 1.74. The van der Waals surface area contributed by atoms with Crippen molar-refractivity contribution < 1.29 is 14.7 Å². The summed E-state index contributed by atoms with van der Waals surface area (Å²) in [7, 11) is 1.81. The molecule has 108 valence electrons. The first kappa shape index (κ1) is 14.3. The van der Waals surface area contributed by atoms with Gasteiger partial charge in [-0.1, -0.05) is 0 Å². The second-order valence-corrected chi connectivity index (χ2v) is 5.72. The van der Waals surface area contributed by atoms with Crippen molar-refractivity contribution in [3.63, 3.8) is 0 Å². The minimum Gasteiger partial charge on any atom is -0.396 e. The maximum Gasteiger partial charge on any atom is 0.227 e. The Morgan fingerprint density at radius 3 is 2.74 bits per heavy atom. The minimum atomic E-state index is -0.143. The van der Waals surface area contributed by atoms with Crippen LogP contribution in [0.3, 0.4) is 0 Å². The quantitative estimate of drug-likeness (QED) is 0.689. The summed E-state index contributed by atoms with van der Waals surface area (Å²) in [5.74, 6) is 0.103. The van der Waals surface area contributed by atoms with Gasteiger partial charge in [-0.05, 0) is 32.1 Å². The Kier molecular flexibility index (Phi) is 4.80. The molecule has 1 saturated carbocycles. The average Bonchev–Trinajstić information content (AvgIpc) is 3.17. The van der Waals surface area contributed by atoms with Crippen LogP contribution in [0.1, 0.15) is 38.5 Å². The van der Waals surface area contributed by atoms with E-state index in [0.717, 1.165) is 32.1 Å². The number of carbonyl (C=O) groups excluding carboxylic acids is 2. The third kappa shape index (κ3) is 3.69. The topological polar surface area (TPSA) is 60.9 Å². The van der Waals surface area contributed by atoms with Gasteiger partial charge in [0.05, 0.1) is 5.92 Å². The molecule has 2 rings (SSSR count). The average molecular weight is 268 g/mol. The fourth-order valence-corrected chi connectivity index (χ4v) is 2.70. The summed E-state index contributed by atoms with van der Waals surface area (Å²) < 4.78 is 0. The van der Waals surface area contributed by atoms with Gasteiger partial charge in [0.15, 0.2) is 0 Å². The molecule has 1 unspecified atom stereocenters. The summed E-state index contributed by atoms with van der Waals surface area (Å²) in [5.41, 5.74) is 0. The number of hydrogen-bond acceptors (Lipinski definition) is 3. The molecule has 2 amide bonds. The van der Waals surface area contributed by atoms with E-state index in [1.807, 2.05) is 11.9 Å². The molecule has 1 heterocycles. The molecule has 1 aliphatic carbocycles. The van der Waals surface area contributed by atoms with Crippen molar-refractivity contribution in [3.8, 4) is 0 Å². The van der Waals surface area contributed by atoms with Crippen LogP contribution in [0.5, 0.6) is 0 Å². The van der Waals surface area contributed by atoms with E-state index < -0.39 is 0 Å². The molecule has 0 aromatic carbocycles. The molecule has 5 heteroatoms. The lowest BCUT2D eigenvalue weighted by molar-refractivity contribution is -0.134. The first-order valence-electron chi connectivity index (χ1n) is 7.28. The first-order valence-corrected chi connectivity index (χ1v) is 7.28. The molecule has 1 atom stereocenters. The number of carbonyl (C=O) groups is 2. The highest BCUT2D eigenvalue weighted by molar-refractivity contribution is 5.89. The summed E-state index contributed by atoms with van der Waals surface area (Å²) in [6.45, 7) is 1.54. The zero-order valence-electron chi connectivity index (χ0n) is 11.7. The van der Waals surface area contributed by atoms with E-state index in [2.05, 4.69) is 0 Å². The van der Waals surface area contributed by atoms with E-state index in [0.29, 0.717) is 25.6 Å². The third-order valence-electron chi connectivity index (χ3n) is 4.02. The maximum atomic E-state index is 12.2. The fourth-order valence-electron chi connectivity index (χ4n) is 2.70. The lowest BCUT2D eigenvalue weighted by Gasteiger charge is -2.21. The Morgan fingerprint density at radius 1 is 1.37 bits per heavy atom. The number of likely N-dealkylation sites (tertiary alicyclic amines) is 1. The second kappa shape index (κ2) is 6.37. The van der Waals surface area contributed by atoms with E-state index in [-0.39, 0.29) is 24.3 Å². The van der Waals surface area contributed by atoms with Gasteiger partial charge in [0, 0.05) is 39.2 Å². The molecular formula is C14H24N2O3. The van der Waals surface area contributed by atoms with Gasteiger partial charge in [-0.25, -0.2) is 0 Å². The summed E-state index contributed by atoms with van der Waals surface area (Å²) in [6, 6.07) is 0.417. The highest BCUT2D eigenvalue weighted by Gasteiger charge is 2.42. The van der Waals surface area contributed by atoms with Crippen LogP contribution in [0, 0.1) is 5.92 Å². The number of amides is 2. The summed E-state index contributed by atoms with van der Waals surface area (Å²) in [4.78, 5) is 27.7. The normalized spacial score (nSPS) is 22.9. The van der Waals surface area contributed by atoms with Crippen molar-refractivity contribution >= 4 is 11.8 Å². The molecule has 0 aromatic rings. The van der Waals surface area contributed by atoms with Crippen molar-refractivity contribution in [2.45, 2.75) is 44.6 Å². The SMILES string of the molecule is CN(CCCCCO)C(=O)C1CC(=O)N(C2CC2)C1. The first-order chi connectivity index (χ1) is 9.13. The molecule has 0 aromatic heterocycles. The van der Waals surface area contributed by atoms with Crippen LogP contribution in [-0.2, 0) is 9.59 Å². The Morgan fingerprint density at radius 2 is 2.11 bits per heavy atom. The van der Waals surface area contributed by atoms with Crippen molar-refractivity contribution in [2.75, 3.05) is 26.7 Å². The molecule has 0 bridgehead atoms. The zero-order chi connectivity index (χ0) is 13.8. The molecule has 2 aliphatic rings. The van der Waals surface area contributed by atoms with Gasteiger partial charge in [-0.3, -0.25) is 9.59 Å². The molecule has 1 saturated heterocycles. The van der Waals surface area contributed by atoms with Crippen molar-refractivity contribution in [1.82, 2.24) is 9.80 Å². The van der Waals surface area contributed by atoms with Crippen molar-refractivity contribution in [2.24, 2.45) is 5.92 Å². The van der Waals surface area contributed by atoms with Gasteiger partial charge in [-0.2, -0.15) is 0 Å². The van der Waals surface area contributed by atoms with Crippen molar-refractivity contribution in [1.29, 1.82) is 0 Å². The van der Waals surface area contributed by atoms with E-state index in [9.17, 15) is 9.59 Å². The number of hydrogen-bond donors (Lipinski definition) is 1. The van der Waals surface area contributed by atoms with E-state index in [4.69, 9.17) is 5.11 Å². The molecule has 2 fully saturated rings. The standard InChI is InChI=1S/C14H24N2O3/c1-15(7-3-2-4-8-17)14(19)11-9-13(18)16(10-11)12-5-6-12/h11-12,17H,2-10H2,1H3. The predicted molar refractivity (Wildman–Crippen MR) is 71.4 cm³/mol. The molecule has 1 N–H and O–H groups in total. The van der Waals surface area contributed by atoms with Crippen LogP contribution in [-0.4, -0.2) is 59.5 Å². The van der Waals surface area contributed by atoms with Gasteiger partial charge >= 0.3 is 0 Å². The Hall–Kier alpha value is -1.10. The zero-order valence-corrected chi connectivity index (χ0v) is 11.7.